The Morgan fingerprint density at radius 2 is 2.29 bits per heavy atom. The molecule has 4 N–H and O–H groups in total. The van der Waals surface area contributed by atoms with Crippen LogP contribution in [0.4, 0.5) is 4.79 Å². The molecule has 0 aromatic carbocycles. The summed E-state index contributed by atoms with van der Waals surface area (Å²) in [4.78, 5) is 11.4. The third kappa shape index (κ3) is 2.59. The van der Waals surface area contributed by atoms with Crippen LogP contribution in [0.3, 0.4) is 0 Å². The van der Waals surface area contributed by atoms with E-state index in [0.717, 1.165) is 39.0 Å². The van der Waals surface area contributed by atoms with Crippen molar-refractivity contribution in [3.05, 3.63) is 0 Å². The predicted octanol–water partition coefficient (Wildman–Crippen LogP) is -0.785. The SMILES string of the molecule is O=C(NCC1CNC1)NC1CCCN1. The molecule has 2 amide bonds. The van der Waals surface area contributed by atoms with Gasteiger partial charge < -0.3 is 16.0 Å². The first-order valence-corrected chi connectivity index (χ1v) is 5.33. The second-order valence-electron chi connectivity index (χ2n) is 4.03. The Bertz CT molecular complexity index is 199. The van der Waals surface area contributed by atoms with Crippen molar-refractivity contribution in [3.63, 3.8) is 0 Å². The molecule has 0 aliphatic carbocycles. The molecule has 2 heterocycles. The molecule has 0 radical (unpaired) electrons. The lowest BCUT2D eigenvalue weighted by molar-refractivity contribution is 0.230. The highest BCUT2D eigenvalue weighted by Crippen LogP contribution is 2.02. The minimum Gasteiger partial charge on any atom is -0.338 e. The number of nitrogens with one attached hydrogen (secondary N) is 4. The summed E-state index contributed by atoms with van der Waals surface area (Å²) in [6.07, 6.45) is 2.37. The number of rotatable bonds is 3. The molecule has 2 aliphatic rings. The summed E-state index contributed by atoms with van der Waals surface area (Å²) in [6, 6.07) is -0.0451. The van der Waals surface area contributed by atoms with Gasteiger partial charge in [0, 0.05) is 25.6 Å². The third-order valence-corrected chi connectivity index (χ3v) is 2.78. The van der Waals surface area contributed by atoms with Crippen molar-refractivity contribution in [1.82, 2.24) is 21.3 Å². The zero-order chi connectivity index (χ0) is 9.80. The topological polar surface area (TPSA) is 65.2 Å². The lowest BCUT2D eigenvalue weighted by Gasteiger charge is -2.27. The number of urea groups is 1. The van der Waals surface area contributed by atoms with Gasteiger partial charge in [-0.15, -0.1) is 0 Å². The molecule has 2 rings (SSSR count). The second-order valence-corrected chi connectivity index (χ2v) is 4.03. The van der Waals surface area contributed by atoms with Gasteiger partial charge in [-0.3, -0.25) is 5.32 Å². The number of carbonyl (C=O) groups excluding carboxylic acids is 1. The van der Waals surface area contributed by atoms with E-state index in [2.05, 4.69) is 21.3 Å². The zero-order valence-corrected chi connectivity index (χ0v) is 8.31. The Hall–Kier alpha value is -0.810. The van der Waals surface area contributed by atoms with Crippen molar-refractivity contribution < 1.29 is 4.79 Å². The van der Waals surface area contributed by atoms with E-state index in [4.69, 9.17) is 0 Å². The molecule has 5 nitrogen and oxygen atoms in total. The molecule has 14 heavy (non-hydrogen) atoms. The fourth-order valence-corrected chi connectivity index (χ4v) is 1.75. The van der Waals surface area contributed by atoms with Crippen molar-refractivity contribution in [2.75, 3.05) is 26.2 Å². The van der Waals surface area contributed by atoms with Crippen molar-refractivity contribution in [2.45, 2.75) is 19.0 Å². The van der Waals surface area contributed by atoms with Crippen molar-refractivity contribution in [3.8, 4) is 0 Å². The first-order chi connectivity index (χ1) is 6.84. The second kappa shape index (κ2) is 4.61. The molecule has 0 aromatic heterocycles. The van der Waals surface area contributed by atoms with Gasteiger partial charge in [0.25, 0.3) is 0 Å². The summed E-state index contributed by atoms with van der Waals surface area (Å²) in [7, 11) is 0. The van der Waals surface area contributed by atoms with E-state index >= 15 is 0 Å². The standard InChI is InChI=1S/C9H18N4O/c14-9(12-6-7-4-10-5-7)13-8-2-1-3-11-8/h7-8,10-11H,1-6H2,(H2,12,13,14). The van der Waals surface area contributed by atoms with Crippen molar-refractivity contribution in [2.24, 2.45) is 5.92 Å². The van der Waals surface area contributed by atoms with Crippen LogP contribution in [0.25, 0.3) is 0 Å². The van der Waals surface area contributed by atoms with Gasteiger partial charge in [-0.25, -0.2) is 4.79 Å². The van der Waals surface area contributed by atoms with E-state index in [0.29, 0.717) is 5.92 Å². The van der Waals surface area contributed by atoms with Crippen LogP contribution in [-0.2, 0) is 0 Å². The summed E-state index contributed by atoms with van der Waals surface area (Å²) in [6.45, 7) is 3.85. The molecule has 1 unspecified atom stereocenters. The molecule has 80 valence electrons. The molecular weight excluding hydrogens is 180 g/mol. The van der Waals surface area contributed by atoms with E-state index < -0.39 is 0 Å². The van der Waals surface area contributed by atoms with Gasteiger partial charge in [-0.2, -0.15) is 0 Å². The van der Waals surface area contributed by atoms with Crippen LogP contribution < -0.4 is 21.3 Å². The average Bonchev–Trinajstić information content (AvgIpc) is 2.54. The largest absolute Gasteiger partial charge is 0.338 e. The Kier molecular flexibility index (Phi) is 3.21. The molecule has 2 fully saturated rings. The van der Waals surface area contributed by atoms with Crippen LogP contribution in [0.1, 0.15) is 12.8 Å². The minimum absolute atomic E-state index is 0.0451. The van der Waals surface area contributed by atoms with Crippen LogP contribution in [0.15, 0.2) is 0 Å². The van der Waals surface area contributed by atoms with Crippen LogP contribution in [0, 0.1) is 5.92 Å². The molecule has 5 heteroatoms. The monoisotopic (exact) mass is 198 g/mol. The lowest BCUT2D eigenvalue weighted by atomic mass is 10.0. The predicted molar refractivity (Wildman–Crippen MR) is 53.9 cm³/mol. The maximum Gasteiger partial charge on any atom is 0.316 e. The fraction of sp³-hybridized carbons (Fsp3) is 0.889. The fourth-order valence-electron chi connectivity index (χ4n) is 1.75. The van der Waals surface area contributed by atoms with Gasteiger partial charge >= 0.3 is 6.03 Å². The Labute approximate surface area is 84.0 Å². The molecule has 2 aliphatic heterocycles. The van der Waals surface area contributed by atoms with E-state index in [1.807, 2.05) is 0 Å². The van der Waals surface area contributed by atoms with Gasteiger partial charge in [-0.1, -0.05) is 0 Å². The smallest absolute Gasteiger partial charge is 0.316 e. The van der Waals surface area contributed by atoms with Crippen LogP contribution in [-0.4, -0.2) is 38.4 Å². The van der Waals surface area contributed by atoms with E-state index in [-0.39, 0.29) is 12.2 Å². The van der Waals surface area contributed by atoms with Crippen LogP contribution in [0.2, 0.25) is 0 Å². The van der Waals surface area contributed by atoms with E-state index in [9.17, 15) is 4.79 Å². The first kappa shape index (κ1) is 9.73. The highest BCUT2D eigenvalue weighted by atomic mass is 16.2. The minimum atomic E-state index is -0.0451. The third-order valence-electron chi connectivity index (χ3n) is 2.78. The summed E-state index contributed by atoms with van der Waals surface area (Å²) in [5.74, 6) is 0.622. The highest BCUT2D eigenvalue weighted by Gasteiger charge is 2.19. The van der Waals surface area contributed by atoms with Gasteiger partial charge in [0.2, 0.25) is 0 Å². The van der Waals surface area contributed by atoms with E-state index in [1.54, 1.807) is 0 Å². The molecule has 0 aromatic rings. The Balaban J connectivity index is 1.57. The molecular formula is C9H18N4O. The maximum absolute atomic E-state index is 11.4. The summed E-state index contributed by atoms with van der Waals surface area (Å²) in [5.41, 5.74) is 0. The summed E-state index contributed by atoms with van der Waals surface area (Å²) in [5, 5.41) is 12.2. The average molecular weight is 198 g/mol. The number of carbonyl (C=O) groups is 1. The van der Waals surface area contributed by atoms with Crippen LogP contribution in [0.5, 0.6) is 0 Å². The van der Waals surface area contributed by atoms with Crippen molar-refractivity contribution in [1.29, 1.82) is 0 Å². The first-order valence-electron chi connectivity index (χ1n) is 5.33. The lowest BCUT2D eigenvalue weighted by Crippen LogP contribution is -2.52. The molecule has 0 saturated carbocycles. The van der Waals surface area contributed by atoms with Gasteiger partial charge in [0.05, 0.1) is 6.17 Å². The Morgan fingerprint density at radius 3 is 2.86 bits per heavy atom. The van der Waals surface area contributed by atoms with Gasteiger partial charge in [0.15, 0.2) is 0 Å². The van der Waals surface area contributed by atoms with Crippen molar-refractivity contribution >= 4 is 6.03 Å². The van der Waals surface area contributed by atoms with Gasteiger partial charge in [0.1, 0.15) is 0 Å². The normalized spacial score (nSPS) is 27.0. The number of hydrogen-bond donors (Lipinski definition) is 4. The van der Waals surface area contributed by atoms with Crippen LogP contribution >= 0.6 is 0 Å². The zero-order valence-electron chi connectivity index (χ0n) is 8.31. The molecule has 1 atom stereocenters. The summed E-state index contributed by atoms with van der Waals surface area (Å²) >= 11 is 0. The molecule has 0 bridgehead atoms. The number of hydrogen-bond acceptors (Lipinski definition) is 3. The quantitative estimate of drug-likeness (QED) is 0.481. The van der Waals surface area contributed by atoms with E-state index in [1.165, 1.54) is 0 Å². The van der Waals surface area contributed by atoms with Gasteiger partial charge in [-0.05, 0) is 19.4 Å². The highest BCUT2D eigenvalue weighted by molar-refractivity contribution is 5.74. The maximum atomic E-state index is 11.4. The summed E-state index contributed by atoms with van der Waals surface area (Å²) < 4.78 is 0. The molecule has 0 spiro atoms. The molecule has 2 saturated heterocycles. The Morgan fingerprint density at radius 1 is 1.43 bits per heavy atom. The number of amides is 2.